The number of piperidine rings is 1. The van der Waals surface area contributed by atoms with E-state index in [1.165, 1.54) is 15.2 Å². The molecule has 0 atom stereocenters. The molecule has 0 aromatic carbocycles. The number of aryl methyl sites for hydroxylation is 1. The molecule has 1 aromatic heterocycles. The molecule has 0 N–H and O–H groups in total. The fourth-order valence-electron chi connectivity index (χ4n) is 2.41. The van der Waals surface area contributed by atoms with Crippen LogP contribution in [0.4, 0.5) is 0 Å². The maximum absolute atomic E-state index is 12.4. The van der Waals surface area contributed by atoms with E-state index in [4.69, 9.17) is 4.74 Å². The number of hydrogen-bond acceptors (Lipinski definition) is 5. The van der Waals surface area contributed by atoms with Gasteiger partial charge >= 0.3 is 0 Å². The van der Waals surface area contributed by atoms with Crippen LogP contribution in [-0.4, -0.2) is 54.5 Å². The fraction of sp³-hybridized carbons (Fsp3) is 0.818. The van der Waals surface area contributed by atoms with Crippen molar-refractivity contribution in [2.24, 2.45) is 12.5 Å². The molecule has 0 amide bonds. The molecule has 1 saturated heterocycles. The average molecular weight is 288 g/mol. The zero-order chi connectivity index (χ0) is 14.1. The van der Waals surface area contributed by atoms with Gasteiger partial charge < -0.3 is 4.74 Å². The first kappa shape index (κ1) is 14.4. The van der Waals surface area contributed by atoms with Gasteiger partial charge in [0.1, 0.15) is 0 Å². The van der Waals surface area contributed by atoms with Crippen LogP contribution in [0.5, 0.6) is 0 Å². The van der Waals surface area contributed by atoms with Gasteiger partial charge in [0, 0.05) is 27.2 Å². The Hall–Kier alpha value is -0.990. The Kier molecular flexibility index (Phi) is 3.93. The van der Waals surface area contributed by atoms with Crippen molar-refractivity contribution in [3.8, 4) is 0 Å². The maximum Gasteiger partial charge on any atom is 0.261 e. The number of rotatable bonds is 4. The van der Waals surface area contributed by atoms with Crippen molar-refractivity contribution in [3.63, 3.8) is 0 Å². The van der Waals surface area contributed by atoms with E-state index in [0.717, 1.165) is 12.8 Å². The number of ether oxygens (including phenoxy) is 1. The molecule has 1 aliphatic rings. The Bertz CT molecular complexity index is 532. The van der Waals surface area contributed by atoms with Crippen LogP contribution in [0.2, 0.25) is 0 Å². The number of aromatic nitrogens is 3. The lowest BCUT2D eigenvalue weighted by atomic mass is 9.82. The SMILES string of the molecule is COCC1(C)CCN(S(=O)(=O)c2cnnn2C)CC1. The van der Waals surface area contributed by atoms with Gasteiger partial charge in [-0.3, -0.25) is 0 Å². The van der Waals surface area contributed by atoms with E-state index in [0.29, 0.717) is 19.7 Å². The summed E-state index contributed by atoms with van der Waals surface area (Å²) in [5, 5.41) is 7.45. The summed E-state index contributed by atoms with van der Waals surface area (Å²) in [6, 6.07) is 0. The molecule has 0 bridgehead atoms. The Morgan fingerprint density at radius 1 is 1.42 bits per heavy atom. The lowest BCUT2D eigenvalue weighted by Crippen LogP contribution is -2.44. The van der Waals surface area contributed by atoms with Gasteiger partial charge in [0.25, 0.3) is 10.0 Å². The van der Waals surface area contributed by atoms with Crippen LogP contribution in [0.1, 0.15) is 19.8 Å². The first-order chi connectivity index (χ1) is 8.89. The molecule has 0 saturated carbocycles. The average Bonchev–Trinajstić information content (AvgIpc) is 2.77. The summed E-state index contributed by atoms with van der Waals surface area (Å²) in [7, 11) is -0.226. The highest BCUT2D eigenvalue weighted by Gasteiger charge is 2.36. The molecular formula is C11H20N4O3S. The van der Waals surface area contributed by atoms with E-state index in [1.807, 2.05) is 0 Å². The third kappa shape index (κ3) is 2.80. The zero-order valence-corrected chi connectivity index (χ0v) is 12.4. The highest BCUT2D eigenvalue weighted by Crippen LogP contribution is 2.33. The summed E-state index contributed by atoms with van der Waals surface area (Å²) < 4.78 is 32.9. The standard InChI is InChI=1S/C11H20N4O3S/c1-11(9-18-3)4-6-15(7-5-11)19(16,17)10-8-12-13-14(10)2/h8H,4-7,9H2,1-3H3. The number of methoxy groups -OCH3 is 1. The smallest absolute Gasteiger partial charge is 0.261 e. The van der Waals surface area contributed by atoms with E-state index in [2.05, 4.69) is 17.2 Å². The first-order valence-electron chi connectivity index (χ1n) is 6.23. The number of hydrogen-bond donors (Lipinski definition) is 0. The quantitative estimate of drug-likeness (QED) is 0.794. The molecule has 8 heteroatoms. The van der Waals surface area contributed by atoms with Gasteiger partial charge in [-0.15, -0.1) is 5.10 Å². The van der Waals surface area contributed by atoms with Crippen molar-refractivity contribution in [1.82, 2.24) is 19.3 Å². The van der Waals surface area contributed by atoms with Crippen LogP contribution in [0, 0.1) is 5.41 Å². The van der Waals surface area contributed by atoms with E-state index < -0.39 is 10.0 Å². The highest BCUT2D eigenvalue weighted by molar-refractivity contribution is 7.89. The molecule has 0 aliphatic carbocycles. The Labute approximate surface area is 113 Å². The molecule has 1 aliphatic heterocycles. The molecule has 1 fully saturated rings. The van der Waals surface area contributed by atoms with E-state index >= 15 is 0 Å². The second-order valence-electron chi connectivity index (χ2n) is 5.34. The minimum absolute atomic E-state index is 0.0610. The molecule has 0 radical (unpaired) electrons. The molecule has 1 aromatic rings. The van der Waals surface area contributed by atoms with Crippen molar-refractivity contribution in [2.75, 3.05) is 26.8 Å². The van der Waals surface area contributed by atoms with E-state index in [1.54, 1.807) is 14.2 Å². The summed E-state index contributed by atoms with van der Waals surface area (Å²) in [6.07, 6.45) is 2.88. The summed E-state index contributed by atoms with van der Waals surface area (Å²) in [5.41, 5.74) is 0.0610. The number of sulfonamides is 1. The van der Waals surface area contributed by atoms with Crippen LogP contribution in [-0.2, 0) is 21.8 Å². The lowest BCUT2D eigenvalue weighted by molar-refractivity contribution is 0.0530. The second-order valence-corrected chi connectivity index (χ2v) is 7.23. The van der Waals surface area contributed by atoms with Crippen molar-refractivity contribution in [1.29, 1.82) is 0 Å². The summed E-state index contributed by atoms with van der Waals surface area (Å²) in [4.78, 5) is 0. The molecule has 108 valence electrons. The minimum Gasteiger partial charge on any atom is -0.384 e. The first-order valence-corrected chi connectivity index (χ1v) is 7.67. The molecule has 7 nitrogen and oxygen atoms in total. The molecule has 19 heavy (non-hydrogen) atoms. The molecular weight excluding hydrogens is 268 g/mol. The molecule has 2 rings (SSSR count). The van der Waals surface area contributed by atoms with Gasteiger partial charge in [-0.25, -0.2) is 13.1 Å². The van der Waals surface area contributed by atoms with E-state index in [9.17, 15) is 8.42 Å². The molecule has 0 unspecified atom stereocenters. The Morgan fingerprint density at radius 3 is 2.53 bits per heavy atom. The Balaban J connectivity index is 2.12. The third-order valence-electron chi connectivity index (χ3n) is 3.70. The van der Waals surface area contributed by atoms with Crippen molar-refractivity contribution in [2.45, 2.75) is 24.8 Å². The minimum atomic E-state index is -3.48. The highest BCUT2D eigenvalue weighted by atomic mass is 32.2. The predicted molar refractivity (Wildman–Crippen MR) is 69.0 cm³/mol. The van der Waals surface area contributed by atoms with Crippen LogP contribution in [0.15, 0.2) is 11.2 Å². The molecule has 2 heterocycles. The Morgan fingerprint density at radius 2 is 2.05 bits per heavy atom. The predicted octanol–water partition coefficient (Wildman–Crippen LogP) is 0.252. The van der Waals surface area contributed by atoms with Gasteiger partial charge in [-0.2, -0.15) is 4.31 Å². The van der Waals surface area contributed by atoms with Crippen LogP contribution >= 0.6 is 0 Å². The second kappa shape index (κ2) is 5.18. The van der Waals surface area contributed by atoms with Gasteiger partial charge in [0.15, 0.2) is 5.03 Å². The van der Waals surface area contributed by atoms with Gasteiger partial charge in [-0.05, 0) is 18.3 Å². The topological polar surface area (TPSA) is 77.3 Å². The monoisotopic (exact) mass is 288 g/mol. The lowest BCUT2D eigenvalue weighted by Gasteiger charge is -2.38. The van der Waals surface area contributed by atoms with Crippen LogP contribution in [0.3, 0.4) is 0 Å². The van der Waals surface area contributed by atoms with Crippen molar-refractivity contribution in [3.05, 3.63) is 6.20 Å². The number of nitrogens with zero attached hydrogens (tertiary/aromatic N) is 4. The maximum atomic E-state index is 12.4. The largest absolute Gasteiger partial charge is 0.384 e. The van der Waals surface area contributed by atoms with Crippen LogP contribution in [0.25, 0.3) is 0 Å². The fourth-order valence-corrected chi connectivity index (χ4v) is 3.88. The van der Waals surface area contributed by atoms with Gasteiger partial charge in [-0.1, -0.05) is 12.1 Å². The normalized spacial score (nSPS) is 20.6. The van der Waals surface area contributed by atoms with Gasteiger partial charge in [0.2, 0.25) is 0 Å². The van der Waals surface area contributed by atoms with Crippen molar-refractivity contribution < 1.29 is 13.2 Å². The van der Waals surface area contributed by atoms with Gasteiger partial charge in [0.05, 0.1) is 12.8 Å². The summed E-state index contributed by atoms with van der Waals surface area (Å²) in [6.45, 7) is 3.81. The van der Waals surface area contributed by atoms with Crippen LogP contribution < -0.4 is 0 Å². The third-order valence-corrected chi connectivity index (χ3v) is 5.64. The summed E-state index contributed by atoms with van der Waals surface area (Å²) >= 11 is 0. The van der Waals surface area contributed by atoms with Crippen molar-refractivity contribution >= 4 is 10.0 Å². The van der Waals surface area contributed by atoms with E-state index in [-0.39, 0.29) is 10.4 Å². The zero-order valence-electron chi connectivity index (χ0n) is 11.5. The summed E-state index contributed by atoms with van der Waals surface area (Å²) in [5.74, 6) is 0. The molecule has 0 spiro atoms.